The minimum atomic E-state index is -4.47. The summed E-state index contributed by atoms with van der Waals surface area (Å²) in [6, 6.07) is 4.47. The van der Waals surface area contributed by atoms with Gasteiger partial charge in [-0.3, -0.25) is 19.4 Å². The van der Waals surface area contributed by atoms with Gasteiger partial charge in [-0.05, 0) is 54.8 Å². The number of oxazole rings is 1. The number of hydrogen-bond donors (Lipinski definition) is 0. The average molecular weight is 533 g/mol. The lowest BCUT2D eigenvalue weighted by molar-refractivity contribution is -0.138. The van der Waals surface area contributed by atoms with E-state index in [2.05, 4.69) is 9.88 Å². The highest BCUT2D eigenvalue weighted by Crippen LogP contribution is 2.39. The number of halogens is 3. The van der Waals surface area contributed by atoms with Crippen LogP contribution in [0.1, 0.15) is 34.4 Å². The van der Waals surface area contributed by atoms with E-state index in [0.29, 0.717) is 55.9 Å². The molecule has 2 aliphatic heterocycles. The first-order valence-corrected chi connectivity index (χ1v) is 12.6. The van der Waals surface area contributed by atoms with Crippen LogP contribution in [-0.2, 0) is 42.3 Å². The maximum Gasteiger partial charge on any atom is 0.419 e. The standard InChI is InChI=1S/C27H31F3N4O4/c1-17-8-22-23(38-25(36)32(22)2)10-18(17)12-33-7-5-26(15-33,16-37-3)24(14-35)34-6-4-21-19(13-34)9-20(11-31-21)27(28,29)30/h8-11,14,24H,4-7,12-13,15-16H2,1-3H3. The van der Waals surface area contributed by atoms with Crippen molar-refractivity contribution < 1.29 is 27.1 Å². The largest absolute Gasteiger partial charge is 0.419 e. The molecule has 8 nitrogen and oxygen atoms in total. The molecule has 2 atom stereocenters. The van der Waals surface area contributed by atoms with E-state index in [0.717, 1.165) is 41.7 Å². The molecule has 204 valence electrons. The molecule has 0 spiro atoms. The molecule has 0 N–H and O–H groups in total. The van der Waals surface area contributed by atoms with Crippen molar-refractivity contribution in [3.63, 3.8) is 0 Å². The van der Waals surface area contributed by atoms with Crippen molar-refractivity contribution in [1.29, 1.82) is 0 Å². The van der Waals surface area contributed by atoms with Crippen LogP contribution in [0, 0.1) is 12.3 Å². The minimum absolute atomic E-state index is 0.226. The van der Waals surface area contributed by atoms with Gasteiger partial charge in [-0.25, -0.2) is 4.79 Å². The van der Waals surface area contributed by atoms with Crippen LogP contribution in [-0.4, -0.2) is 65.0 Å². The number of hydrogen-bond acceptors (Lipinski definition) is 7. The Morgan fingerprint density at radius 3 is 2.76 bits per heavy atom. The number of ether oxygens (including phenoxy) is 1. The zero-order chi connectivity index (χ0) is 27.2. The Kier molecular flexibility index (Phi) is 6.95. The van der Waals surface area contributed by atoms with Crippen LogP contribution in [0.15, 0.2) is 33.6 Å². The summed E-state index contributed by atoms with van der Waals surface area (Å²) in [6.45, 7) is 5.03. The molecule has 1 aromatic carbocycles. The van der Waals surface area contributed by atoms with Gasteiger partial charge in [-0.1, -0.05) is 0 Å². The smallest absolute Gasteiger partial charge is 0.408 e. The topological polar surface area (TPSA) is 80.8 Å². The Bertz CT molecular complexity index is 1420. The predicted molar refractivity (Wildman–Crippen MR) is 134 cm³/mol. The minimum Gasteiger partial charge on any atom is -0.408 e. The number of nitrogens with zero attached hydrogens (tertiary/aromatic N) is 4. The molecule has 0 bridgehead atoms. The summed E-state index contributed by atoms with van der Waals surface area (Å²) >= 11 is 0. The SMILES string of the molecule is COCC1(C(C=O)N2CCc3ncc(C(F)(F)F)cc3C2)CCN(Cc2cc3oc(=O)n(C)c3cc2C)C1. The number of benzene rings is 1. The summed E-state index contributed by atoms with van der Waals surface area (Å²) < 4.78 is 52.3. The number of aryl methyl sites for hydroxylation is 2. The Labute approximate surface area is 218 Å². The lowest BCUT2D eigenvalue weighted by atomic mass is 9.79. The van der Waals surface area contributed by atoms with Crippen molar-refractivity contribution in [2.75, 3.05) is 33.4 Å². The van der Waals surface area contributed by atoms with E-state index in [4.69, 9.17) is 9.15 Å². The second-order valence-corrected chi connectivity index (χ2v) is 10.6. The van der Waals surface area contributed by atoms with Crippen LogP contribution in [0.3, 0.4) is 0 Å². The molecule has 1 saturated heterocycles. The fourth-order valence-corrected chi connectivity index (χ4v) is 6.04. The van der Waals surface area contributed by atoms with Crippen molar-refractivity contribution in [1.82, 2.24) is 19.4 Å². The van der Waals surface area contributed by atoms with Gasteiger partial charge in [0.25, 0.3) is 0 Å². The van der Waals surface area contributed by atoms with Gasteiger partial charge in [-0.2, -0.15) is 13.2 Å². The van der Waals surface area contributed by atoms with E-state index in [1.54, 1.807) is 14.2 Å². The molecule has 1 fully saturated rings. The van der Waals surface area contributed by atoms with Crippen LogP contribution in [0.2, 0.25) is 0 Å². The normalized spacial score (nSPS) is 21.6. The van der Waals surface area contributed by atoms with Gasteiger partial charge in [0.05, 0.1) is 23.7 Å². The fourth-order valence-electron chi connectivity index (χ4n) is 6.04. The highest BCUT2D eigenvalue weighted by Gasteiger charge is 2.47. The highest BCUT2D eigenvalue weighted by molar-refractivity contribution is 5.75. The molecule has 0 amide bonds. The summed E-state index contributed by atoms with van der Waals surface area (Å²) in [5.74, 6) is -0.411. The van der Waals surface area contributed by atoms with Crippen LogP contribution < -0.4 is 5.76 Å². The number of alkyl halides is 3. The average Bonchev–Trinajstić information content (AvgIpc) is 3.39. The summed E-state index contributed by atoms with van der Waals surface area (Å²) in [7, 11) is 3.28. The third-order valence-corrected chi connectivity index (χ3v) is 8.09. The first-order valence-electron chi connectivity index (χ1n) is 12.6. The molecule has 0 aliphatic carbocycles. The van der Waals surface area contributed by atoms with Gasteiger partial charge >= 0.3 is 11.9 Å². The maximum absolute atomic E-state index is 13.3. The van der Waals surface area contributed by atoms with Gasteiger partial charge in [0.1, 0.15) is 6.29 Å². The highest BCUT2D eigenvalue weighted by atomic mass is 19.4. The molecule has 4 heterocycles. The Morgan fingerprint density at radius 2 is 2.05 bits per heavy atom. The summed E-state index contributed by atoms with van der Waals surface area (Å²) in [5, 5.41) is 0. The van der Waals surface area contributed by atoms with Crippen molar-refractivity contribution in [2.45, 2.75) is 45.1 Å². The first-order chi connectivity index (χ1) is 18.0. The molecular weight excluding hydrogens is 501 g/mol. The molecule has 38 heavy (non-hydrogen) atoms. The fraction of sp³-hybridized carbons (Fsp3) is 0.519. The Hall–Kier alpha value is -3.02. The van der Waals surface area contributed by atoms with Crippen molar-refractivity contribution >= 4 is 17.4 Å². The summed E-state index contributed by atoms with van der Waals surface area (Å²) in [4.78, 5) is 32.8. The predicted octanol–water partition coefficient (Wildman–Crippen LogP) is 3.32. The molecule has 11 heteroatoms. The maximum atomic E-state index is 13.3. The summed E-state index contributed by atoms with van der Waals surface area (Å²) in [6.07, 6.45) is -1.49. The molecule has 0 radical (unpaired) electrons. The number of likely N-dealkylation sites (tertiary alicyclic amines) is 1. The number of aldehydes is 1. The molecule has 3 aromatic rings. The molecule has 5 rings (SSSR count). The molecule has 0 saturated carbocycles. The molecule has 2 aliphatic rings. The first kappa shape index (κ1) is 26.6. The van der Waals surface area contributed by atoms with Gasteiger partial charge in [-0.15, -0.1) is 0 Å². The Balaban J connectivity index is 1.37. The summed E-state index contributed by atoms with van der Waals surface area (Å²) in [5.41, 5.74) is 3.19. The van der Waals surface area contributed by atoms with Gasteiger partial charge in [0.15, 0.2) is 5.58 Å². The van der Waals surface area contributed by atoms with Crippen molar-refractivity contribution in [3.8, 4) is 0 Å². The third kappa shape index (κ3) is 4.78. The second-order valence-electron chi connectivity index (χ2n) is 10.6. The Morgan fingerprint density at radius 1 is 1.26 bits per heavy atom. The molecule has 2 unspecified atom stereocenters. The molecular formula is C27H31F3N4O4. The van der Waals surface area contributed by atoms with E-state index >= 15 is 0 Å². The quantitative estimate of drug-likeness (QED) is 0.432. The second kappa shape index (κ2) is 9.94. The number of rotatable bonds is 7. The van der Waals surface area contributed by atoms with Crippen LogP contribution in [0.4, 0.5) is 13.2 Å². The van der Waals surface area contributed by atoms with Crippen LogP contribution >= 0.6 is 0 Å². The molecule has 2 aromatic heterocycles. The zero-order valence-corrected chi connectivity index (χ0v) is 21.7. The van der Waals surface area contributed by atoms with Gasteiger partial charge < -0.3 is 13.9 Å². The number of carbonyl (C=O) groups excluding carboxylic acids is 1. The van der Waals surface area contributed by atoms with E-state index in [-0.39, 0.29) is 6.54 Å². The van der Waals surface area contributed by atoms with E-state index in [1.807, 2.05) is 24.0 Å². The van der Waals surface area contributed by atoms with E-state index in [9.17, 15) is 22.8 Å². The van der Waals surface area contributed by atoms with Crippen molar-refractivity contribution in [2.24, 2.45) is 12.5 Å². The van der Waals surface area contributed by atoms with Gasteiger partial charge in [0, 0.05) is 64.1 Å². The number of pyridine rings is 1. The van der Waals surface area contributed by atoms with Crippen LogP contribution in [0.5, 0.6) is 0 Å². The number of aromatic nitrogens is 2. The van der Waals surface area contributed by atoms with Crippen LogP contribution in [0.25, 0.3) is 11.1 Å². The monoisotopic (exact) mass is 532 g/mol. The van der Waals surface area contributed by atoms with E-state index in [1.165, 1.54) is 4.57 Å². The lowest BCUT2D eigenvalue weighted by Crippen LogP contribution is -2.54. The number of carbonyl (C=O) groups is 1. The van der Waals surface area contributed by atoms with Gasteiger partial charge in [0.2, 0.25) is 0 Å². The number of fused-ring (bicyclic) bond motifs is 2. The lowest BCUT2D eigenvalue weighted by Gasteiger charge is -2.42. The number of methoxy groups -OCH3 is 1. The van der Waals surface area contributed by atoms with Crippen molar-refractivity contribution in [3.05, 3.63) is 62.9 Å². The van der Waals surface area contributed by atoms with E-state index < -0.39 is 29.0 Å². The zero-order valence-electron chi connectivity index (χ0n) is 21.7. The third-order valence-electron chi connectivity index (χ3n) is 8.09.